The summed E-state index contributed by atoms with van der Waals surface area (Å²) >= 11 is 0. The van der Waals surface area contributed by atoms with Crippen LogP contribution in [0.1, 0.15) is 44.7 Å². The zero-order valence-corrected chi connectivity index (χ0v) is 30.8. The minimum atomic E-state index is -1.98. The molecule has 1 unspecified atom stereocenters. The smallest absolute Gasteiger partial charge is 0.364 e. The van der Waals surface area contributed by atoms with Crippen LogP contribution in [0.25, 0.3) is 66.7 Å². The van der Waals surface area contributed by atoms with E-state index in [0.29, 0.717) is 0 Å². The summed E-state index contributed by atoms with van der Waals surface area (Å²) in [6.07, 6.45) is 2.40. The van der Waals surface area contributed by atoms with Gasteiger partial charge in [0.05, 0.1) is 31.3 Å². The molecule has 51 heavy (non-hydrogen) atoms. The molecule has 0 radical (unpaired) electrons. The van der Waals surface area contributed by atoms with Gasteiger partial charge >= 0.3 is 11.5 Å². The first-order valence-electron chi connectivity index (χ1n) is 18.4. The Kier molecular flexibility index (Phi) is 5.97. The van der Waals surface area contributed by atoms with E-state index in [4.69, 9.17) is 4.42 Å². The predicted molar refractivity (Wildman–Crippen MR) is 207 cm³/mol. The molecule has 5 aromatic carbocycles. The molecule has 2 aliphatic rings. The van der Waals surface area contributed by atoms with Gasteiger partial charge in [0, 0.05) is 23.4 Å². The van der Waals surface area contributed by atoms with Crippen LogP contribution in [0.2, 0.25) is 19.6 Å². The average molecular weight is 687 g/mol. The maximum absolute atomic E-state index is 14.5. The zero-order valence-electron chi connectivity index (χ0n) is 30.8. The summed E-state index contributed by atoms with van der Waals surface area (Å²) in [4.78, 5) is 0. The number of benzene rings is 5. The second-order valence-electron chi connectivity index (χ2n) is 15.4. The van der Waals surface area contributed by atoms with E-state index in [-0.39, 0.29) is 5.82 Å². The molecule has 3 aromatic heterocycles. The summed E-state index contributed by atoms with van der Waals surface area (Å²) in [7, 11) is -1.98. The number of hydrogen-bond donors (Lipinski definition) is 0. The lowest BCUT2D eigenvalue weighted by Gasteiger charge is -2.25. The molecule has 5 heterocycles. The molecule has 1 atom stereocenters. The number of fused-ring (bicyclic) bond motifs is 16. The highest BCUT2D eigenvalue weighted by Crippen LogP contribution is 2.56. The van der Waals surface area contributed by atoms with Crippen molar-refractivity contribution >= 4 is 46.2 Å². The van der Waals surface area contributed by atoms with Gasteiger partial charge in [-0.1, -0.05) is 88.1 Å². The fraction of sp³-hybridized carbons (Fsp3) is 0.200. The van der Waals surface area contributed by atoms with Crippen molar-refractivity contribution in [3.63, 3.8) is 0 Å². The first-order chi connectivity index (χ1) is 24.9. The predicted octanol–water partition coefficient (Wildman–Crippen LogP) is 9.87. The molecule has 8 aromatic rings. The van der Waals surface area contributed by atoms with E-state index in [1.807, 2.05) is 38.1 Å². The molecule has 0 fully saturated rings. The monoisotopic (exact) mass is 686 g/mol. The number of imidazole rings is 1. The fourth-order valence-electron chi connectivity index (χ4n) is 9.18. The minimum Gasteiger partial charge on any atom is -0.455 e. The van der Waals surface area contributed by atoms with Crippen molar-refractivity contribution in [3.05, 3.63) is 138 Å². The van der Waals surface area contributed by atoms with Crippen molar-refractivity contribution in [3.8, 4) is 33.8 Å². The Morgan fingerprint density at radius 3 is 2.35 bits per heavy atom. The van der Waals surface area contributed by atoms with Gasteiger partial charge in [0.15, 0.2) is 22.8 Å². The van der Waals surface area contributed by atoms with Gasteiger partial charge in [0.25, 0.3) is 0 Å². The number of nitrogens with zero attached hydrogens (tertiary/aromatic N) is 3. The fourth-order valence-corrected chi connectivity index (χ4v) is 10.8. The molecule has 0 amide bonds. The molecule has 0 saturated carbocycles. The van der Waals surface area contributed by atoms with Gasteiger partial charge in [-0.05, 0) is 78.0 Å². The lowest BCUT2D eigenvalue weighted by atomic mass is 9.86. The Hall–Kier alpha value is -5.33. The van der Waals surface area contributed by atoms with Crippen LogP contribution in [0.5, 0.6) is 0 Å². The summed E-state index contributed by atoms with van der Waals surface area (Å²) < 4.78 is 38.4. The van der Waals surface area contributed by atoms with Crippen LogP contribution >= 0.6 is 0 Å². The van der Waals surface area contributed by atoms with Crippen LogP contribution in [0.3, 0.4) is 0 Å². The highest BCUT2D eigenvalue weighted by atomic mass is 28.3. The first kappa shape index (κ1) is 29.4. The molecule has 4 nitrogen and oxygen atoms in total. The van der Waals surface area contributed by atoms with E-state index >= 15 is 0 Å². The van der Waals surface area contributed by atoms with Gasteiger partial charge in [-0.3, -0.25) is 0 Å². The van der Waals surface area contributed by atoms with E-state index < -0.39 is 19.6 Å². The highest BCUT2D eigenvalue weighted by Gasteiger charge is 2.67. The molecule has 250 valence electrons. The van der Waals surface area contributed by atoms with Gasteiger partial charge in [-0.15, -0.1) is 4.57 Å². The van der Waals surface area contributed by atoms with Crippen LogP contribution in [-0.2, 0) is 12.2 Å². The van der Waals surface area contributed by atoms with Crippen molar-refractivity contribution in [2.45, 2.75) is 58.5 Å². The van der Waals surface area contributed by atoms with Crippen molar-refractivity contribution in [2.24, 2.45) is 0 Å². The maximum atomic E-state index is 14.5. The number of halogens is 1. The molecule has 0 aliphatic carbocycles. The number of rotatable bonds is 4. The molecule has 0 saturated heterocycles. The van der Waals surface area contributed by atoms with E-state index in [1.165, 1.54) is 10.8 Å². The van der Waals surface area contributed by atoms with Crippen LogP contribution < -0.4 is 14.3 Å². The quantitative estimate of drug-likeness (QED) is 0.134. The van der Waals surface area contributed by atoms with Gasteiger partial charge in [0.1, 0.15) is 17.0 Å². The Morgan fingerprint density at radius 2 is 1.59 bits per heavy atom. The van der Waals surface area contributed by atoms with Crippen LogP contribution in [-0.4, -0.2) is 12.6 Å². The Bertz CT molecular complexity index is 2820. The molecule has 0 N–H and O–H groups in total. The average Bonchev–Trinajstić information content (AvgIpc) is 3.83. The summed E-state index contributed by atoms with van der Waals surface area (Å²) in [5.74, 6) is 0.0567. The first-order valence-corrected chi connectivity index (χ1v) is 21.4. The van der Waals surface area contributed by atoms with E-state index in [9.17, 15) is 5.76 Å². The lowest BCUT2D eigenvalue weighted by molar-refractivity contribution is -0.734. The van der Waals surface area contributed by atoms with E-state index in [0.717, 1.165) is 84.4 Å². The third kappa shape index (κ3) is 3.83. The number of hydrogen-bond acceptors (Lipinski definition) is 1. The molecule has 6 heteroatoms. The van der Waals surface area contributed by atoms with Gasteiger partial charge < -0.3 is 4.42 Å². The van der Waals surface area contributed by atoms with Crippen molar-refractivity contribution in [1.82, 2.24) is 4.57 Å². The third-order valence-corrected chi connectivity index (χ3v) is 13.3. The van der Waals surface area contributed by atoms with Gasteiger partial charge in [-0.25, -0.2) is 8.96 Å². The number of aromatic nitrogens is 3. The largest absolute Gasteiger partial charge is 0.455 e. The second kappa shape index (κ2) is 10.4. The summed E-state index contributed by atoms with van der Waals surface area (Å²) in [6, 6.07) is 37.4. The topological polar surface area (TPSA) is 25.8 Å². The zero-order chi connectivity index (χ0) is 35.9. The third-order valence-electron chi connectivity index (χ3n) is 11.3. The molecular weight excluding hydrogens is 646 g/mol. The maximum Gasteiger partial charge on any atom is 0.364 e. The lowest BCUT2D eigenvalue weighted by Crippen LogP contribution is -2.61. The highest BCUT2D eigenvalue weighted by molar-refractivity contribution is 6.89. The Morgan fingerprint density at radius 1 is 0.863 bits per heavy atom. The van der Waals surface area contributed by atoms with Crippen molar-refractivity contribution in [1.29, 1.82) is 0 Å². The number of furan rings is 1. The minimum absolute atomic E-state index is 0.262. The standard InChI is InChI=1S/C45H40FN3OSi/c1-7-47-36-17-11-12-18-37(36)49-44(47)42-35(24-33(28-20-22-29(46)23-21-28)41-31-15-9-13-19-39(31)50-43(41)42)45(49)34-16-10-8-14-30(34)38-25-32(27(2)3)40(26-48(38)45)51(4,5)6/h8-27H,7H2,1-6H3/q+2/i27D. The SMILES string of the molecule is [2H]C(C)(C)c1cc2[n+](cc1[Si](C)(C)C)C1(c3ccccc3-2)c2cc(-c3ccc(F)cc3)c3c(oc4ccccc43)c2-c2n1c1ccccc1[n+]2CC. The Balaban J connectivity index is 1.49. The molecule has 10 rings (SSSR count). The van der Waals surface area contributed by atoms with E-state index in [1.54, 1.807) is 12.1 Å². The number of para-hydroxylation sites is 3. The molecule has 1 spiro atoms. The normalized spacial score (nSPS) is 16.6. The number of pyridine rings is 1. The van der Waals surface area contributed by atoms with Gasteiger partial charge in [-0.2, -0.15) is 4.57 Å². The summed E-state index contributed by atoms with van der Waals surface area (Å²) in [5, 5.41) is 3.35. The van der Waals surface area contributed by atoms with Crippen LogP contribution in [0.4, 0.5) is 4.39 Å². The van der Waals surface area contributed by atoms with Crippen molar-refractivity contribution in [2.75, 3.05) is 0 Å². The molecule has 0 bridgehead atoms. The van der Waals surface area contributed by atoms with Crippen molar-refractivity contribution < 1.29 is 19.3 Å². The van der Waals surface area contributed by atoms with E-state index in [2.05, 4.69) is 119 Å². The van der Waals surface area contributed by atoms with Crippen LogP contribution in [0.15, 0.2) is 120 Å². The second-order valence-corrected chi connectivity index (χ2v) is 20.4. The number of aryl methyl sites for hydroxylation is 1. The Labute approximate surface area is 299 Å². The molecule has 2 aliphatic heterocycles. The van der Waals surface area contributed by atoms with Gasteiger partial charge in [0.2, 0.25) is 5.69 Å². The molecular formula is C45H40FN3OSi+2. The summed E-state index contributed by atoms with van der Waals surface area (Å²) in [6.45, 7) is 14.2. The summed E-state index contributed by atoms with van der Waals surface area (Å²) in [5.41, 5.74) is 11.8. The van der Waals surface area contributed by atoms with Crippen LogP contribution in [0, 0.1) is 5.82 Å².